The third-order valence-electron chi connectivity index (χ3n) is 5.99. The zero-order valence-corrected chi connectivity index (χ0v) is 22.1. The van der Waals surface area contributed by atoms with Gasteiger partial charge in [0.15, 0.2) is 5.96 Å². The molecule has 8 heteroatoms. The molecule has 2 N–H and O–H groups in total. The van der Waals surface area contributed by atoms with Gasteiger partial charge in [0, 0.05) is 36.7 Å². The first-order valence-corrected chi connectivity index (χ1v) is 12.4. The number of hydrogen-bond donors (Lipinski definition) is 2. The molecule has 2 aliphatic rings. The number of halogens is 1. The van der Waals surface area contributed by atoms with E-state index in [1.165, 1.54) is 42.1 Å². The van der Waals surface area contributed by atoms with E-state index in [9.17, 15) is 0 Å². The van der Waals surface area contributed by atoms with E-state index in [1.807, 2.05) is 11.3 Å². The predicted molar refractivity (Wildman–Crippen MR) is 146 cm³/mol. The van der Waals surface area contributed by atoms with Crippen molar-refractivity contribution in [2.75, 3.05) is 57.4 Å². The quantitative estimate of drug-likeness (QED) is 0.285. The van der Waals surface area contributed by atoms with Gasteiger partial charge >= 0.3 is 0 Å². The number of ether oxygens (including phenoxy) is 1. The number of morpholine rings is 1. The highest BCUT2D eigenvalue weighted by Gasteiger charge is 2.24. The molecule has 0 bridgehead atoms. The van der Waals surface area contributed by atoms with Crippen LogP contribution in [-0.4, -0.2) is 63.3 Å². The number of guanidine groups is 1. The number of likely N-dealkylation sites (tertiary alicyclic amines) is 1. The Morgan fingerprint density at radius 1 is 1.06 bits per heavy atom. The van der Waals surface area contributed by atoms with Gasteiger partial charge in [-0.1, -0.05) is 18.2 Å². The maximum Gasteiger partial charge on any atom is 0.191 e. The second-order valence-corrected chi connectivity index (χ2v) is 9.10. The maximum absolute atomic E-state index is 5.45. The summed E-state index contributed by atoms with van der Waals surface area (Å²) in [5.74, 6) is 0.889. The van der Waals surface area contributed by atoms with Crippen LogP contribution in [0.25, 0.3) is 0 Å². The fourth-order valence-electron chi connectivity index (χ4n) is 4.28. The van der Waals surface area contributed by atoms with Crippen LogP contribution in [0.4, 0.5) is 5.69 Å². The number of aliphatic imine (C=N–C) groups is 1. The number of nitrogens with one attached hydrogen (secondary N) is 2. The van der Waals surface area contributed by atoms with E-state index in [1.54, 1.807) is 0 Å². The molecule has 32 heavy (non-hydrogen) atoms. The van der Waals surface area contributed by atoms with Crippen molar-refractivity contribution >= 4 is 47.0 Å². The molecule has 1 aromatic heterocycles. The Kier molecular flexibility index (Phi) is 10.6. The lowest BCUT2D eigenvalue weighted by atomic mass is 10.2. The Labute approximate surface area is 213 Å². The summed E-state index contributed by atoms with van der Waals surface area (Å²) in [5, 5.41) is 9.19. The largest absolute Gasteiger partial charge is 0.378 e. The summed E-state index contributed by atoms with van der Waals surface area (Å²) in [6.07, 6.45) is 2.60. The molecule has 0 saturated carbocycles. The van der Waals surface area contributed by atoms with Gasteiger partial charge in [0.2, 0.25) is 0 Å². The van der Waals surface area contributed by atoms with Crippen LogP contribution in [0.3, 0.4) is 0 Å². The van der Waals surface area contributed by atoms with Crippen LogP contribution in [0.2, 0.25) is 0 Å². The zero-order valence-electron chi connectivity index (χ0n) is 19.0. The summed E-state index contributed by atoms with van der Waals surface area (Å²) in [4.78, 5) is 11.3. The van der Waals surface area contributed by atoms with Gasteiger partial charge in [0.25, 0.3) is 0 Å². The third kappa shape index (κ3) is 7.07. The summed E-state index contributed by atoms with van der Waals surface area (Å²) in [7, 11) is 0. The molecule has 4 rings (SSSR count). The number of anilines is 1. The van der Waals surface area contributed by atoms with Crippen LogP contribution >= 0.6 is 35.3 Å². The van der Waals surface area contributed by atoms with Crippen molar-refractivity contribution in [3.63, 3.8) is 0 Å². The average Bonchev–Trinajstić information content (AvgIpc) is 3.54. The average molecular weight is 570 g/mol. The highest BCUT2D eigenvalue weighted by atomic mass is 127. The molecule has 2 aliphatic heterocycles. The van der Waals surface area contributed by atoms with Gasteiger partial charge < -0.3 is 20.3 Å². The van der Waals surface area contributed by atoms with E-state index < -0.39 is 0 Å². The van der Waals surface area contributed by atoms with Crippen molar-refractivity contribution in [2.24, 2.45) is 4.99 Å². The third-order valence-corrected chi connectivity index (χ3v) is 6.97. The smallest absolute Gasteiger partial charge is 0.191 e. The van der Waals surface area contributed by atoms with Crippen LogP contribution in [0.15, 0.2) is 46.8 Å². The number of rotatable bonds is 8. The lowest BCUT2D eigenvalue weighted by Gasteiger charge is -2.28. The summed E-state index contributed by atoms with van der Waals surface area (Å²) >= 11 is 1.85. The molecule has 0 aliphatic carbocycles. The molecule has 0 amide bonds. The first kappa shape index (κ1) is 25.3. The van der Waals surface area contributed by atoms with E-state index in [4.69, 9.17) is 9.73 Å². The Hall–Kier alpha value is -1.36. The fraction of sp³-hybridized carbons (Fsp3) is 0.542. The molecule has 2 saturated heterocycles. The van der Waals surface area contributed by atoms with E-state index in [2.05, 4.69) is 69.1 Å². The van der Waals surface area contributed by atoms with Gasteiger partial charge in [0.1, 0.15) is 0 Å². The summed E-state index contributed by atoms with van der Waals surface area (Å²) in [5.41, 5.74) is 2.49. The van der Waals surface area contributed by atoms with Crippen LogP contribution < -0.4 is 15.5 Å². The maximum atomic E-state index is 5.45. The van der Waals surface area contributed by atoms with Crippen LogP contribution in [0.5, 0.6) is 0 Å². The topological polar surface area (TPSA) is 52.1 Å². The second-order valence-electron chi connectivity index (χ2n) is 8.12. The van der Waals surface area contributed by atoms with E-state index in [0.29, 0.717) is 12.6 Å². The van der Waals surface area contributed by atoms with Gasteiger partial charge in [-0.2, -0.15) is 0 Å². The van der Waals surface area contributed by atoms with Gasteiger partial charge in [-0.05, 0) is 62.0 Å². The first-order valence-electron chi connectivity index (χ1n) is 11.5. The number of benzene rings is 1. The fourth-order valence-corrected chi connectivity index (χ4v) is 5.14. The van der Waals surface area contributed by atoms with Gasteiger partial charge in [-0.25, -0.2) is 4.99 Å². The minimum Gasteiger partial charge on any atom is -0.378 e. The summed E-state index contributed by atoms with van der Waals surface area (Å²) < 4.78 is 5.45. The molecule has 1 aromatic carbocycles. The second kappa shape index (κ2) is 13.4. The lowest BCUT2D eigenvalue weighted by molar-refractivity contribution is 0.122. The van der Waals surface area contributed by atoms with Gasteiger partial charge in [-0.3, -0.25) is 4.90 Å². The molecule has 2 fully saturated rings. The van der Waals surface area contributed by atoms with E-state index in [0.717, 1.165) is 45.4 Å². The zero-order chi connectivity index (χ0) is 21.3. The van der Waals surface area contributed by atoms with Crippen molar-refractivity contribution < 1.29 is 4.74 Å². The molecular formula is C24H36IN5OS. The first-order chi connectivity index (χ1) is 15.3. The predicted octanol–water partition coefficient (Wildman–Crippen LogP) is 4.09. The van der Waals surface area contributed by atoms with Crippen molar-refractivity contribution in [3.8, 4) is 0 Å². The van der Waals surface area contributed by atoms with E-state index in [-0.39, 0.29) is 24.0 Å². The Bertz CT molecular complexity index is 802. The number of thiophene rings is 1. The minimum absolute atomic E-state index is 0. The molecule has 2 aromatic rings. The molecule has 0 spiro atoms. The number of hydrogen-bond acceptors (Lipinski definition) is 5. The molecule has 3 heterocycles. The molecule has 6 nitrogen and oxygen atoms in total. The van der Waals surface area contributed by atoms with Crippen LogP contribution in [0.1, 0.15) is 36.2 Å². The normalized spacial score (nSPS) is 18.3. The molecular weight excluding hydrogens is 533 g/mol. The highest BCUT2D eigenvalue weighted by molar-refractivity contribution is 14.0. The summed E-state index contributed by atoms with van der Waals surface area (Å²) in [6, 6.07) is 13.6. The standard InChI is InChI=1S/C24H35N5OS.HI/c1-2-25-24(27-19-22(23-6-5-17-31-23)29-11-3-4-12-29)26-18-20-7-9-21(10-8-20)28-13-15-30-16-14-28;/h5-10,17,22H,2-4,11-16,18-19H2,1H3,(H2,25,26,27);1H. The Balaban J connectivity index is 0.00000289. The highest BCUT2D eigenvalue weighted by Crippen LogP contribution is 2.27. The molecule has 0 radical (unpaired) electrons. The van der Waals surface area contributed by atoms with Crippen molar-refractivity contribution in [1.82, 2.24) is 15.5 Å². The minimum atomic E-state index is 0. The van der Waals surface area contributed by atoms with Gasteiger partial charge in [-0.15, -0.1) is 35.3 Å². The van der Waals surface area contributed by atoms with Gasteiger partial charge in [0.05, 0.1) is 25.8 Å². The molecule has 1 atom stereocenters. The van der Waals surface area contributed by atoms with Crippen LogP contribution in [-0.2, 0) is 11.3 Å². The summed E-state index contributed by atoms with van der Waals surface area (Å²) in [6.45, 7) is 10.5. The van der Waals surface area contributed by atoms with Crippen molar-refractivity contribution in [2.45, 2.75) is 32.4 Å². The van der Waals surface area contributed by atoms with Crippen molar-refractivity contribution in [1.29, 1.82) is 0 Å². The molecule has 1 unspecified atom stereocenters. The Morgan fingerprint density at radius 2 is 1.81 bits per heavy atom. The molecule has 176 valence electrons. The monoisotopic (exact) mass is 569 g/mol. The Morgan fingerprint density at radius 3 is 2.47 bits per heavy atom. The van der Waals surface area contributed by atoms with Crippen LogP contribution in [0, 0.1) is 0 Å². The number of nitrogens with zero attached hydrogens (tertiary/aromatic N) is 3. The van der Waals surface area contributed by atoms with Crippen molar-refractivity contribution in [3.05, 3.63) is 52.2 Å². The SMILES string of the molecule is CCNC(=NCc1ccc(N2CCOCC2)cc1)NCC(c1cccs1)N1CCCC1.I. The lowest BCUT2D eigenvalue weighted by Crippen LogP contribution is -2.42. The van der Waals surface area contributed by atoms with E-state index >= 15 is 0 Å².